The van der Waals surface area contributed by atoms with Crippen LogP contribution < -0.4 is 4.74 Å². The smallest absolute Gasteiger partial charge is 0.119 e. The van der Waals surface area contributed by atoms with Gasteiger partial charge in [-0.1, -0.05) is 30.5 Å². The molecule has 2 rings (SSSR count). The van der Waals surface area contributed by atoms with Gasteiger partial charge in [-0.15, -0.1) is 5.10 Å². The Morgan fingerprint density at radius 3 is 2.53 bits per heavy atom. The largest absolute Gasteiger partial charge is 0.494 e. The quantitative estimate of drug-likeness (QED) is 0.913. The second-order valence-electron chi connectivity index (χ2n) is 4.58. The number of aliphatic hydroxyl groups is 1. The molecule has 2 aromatic rings. The molecular weight excluding hydrogens is 260 g/mol. The standard InChI is InChI=1S/C14H18N2O2S/c1-4-18-11-7-5-10(6-8-11)13(17)14-12(9(2)3)15-16-19-14/h5-9,13,17H,4H2,1-3H3. The van der Waals surface area contributed by atoms with Crippen LogP contribution in [-0.2, 0) is 0 Å². The molecule has 0 spiro atoms. The van der Waals surface area contributed by atoms with E-state index < -0.39 is 6.10 Å². The molecule has 0 bridgehead atoms. The van der Waals surface area contributed by atoms with Gasteiger partial charge in [-0.2, -0.15) is 0 Å². The molecule has 1 aromatic carbocycles. The van der Waals surface area contributed by atoms with Crippen molar-refractivity contribution >= 4 is 11.5 Å². The van der Waals surface area contributed by atoms with Gasteiger partial charge < -0.3 is 9.84 Å². The van der Waals surface area contributed by atoms with Gasteiger partial charge in [0.05, 0.1) is 17.2 Å². The van der Waals surface area contributed by atoms with E-state index in [0.717, 1.165) is 21.9 Å². The van der Waals surface area contributed by atoms with Crippen molar-refractivity contribution in [2.45, 2.75) is 32.8 Å². The maximum absolute atomic E-state index is 10.4. The topological polar surface area (TPSA) is 55.2 Å². The first-order valence-electron chi connectivity index (χ1n) is 6.36. The Hall–Kier alpha value is -1.46. The van der Waals surface area contributed by atoms with Gasteiger partial charge in [0.2, 0.25) is 0 Å². The van der Waals surface area contributed by atoms with Crippen molar-refractivity contribution in [3.05, 3.63) is 40.4 Å². The number of hydrogen-bond acceptors (Lipinski definition) is 5. The van der Waals surface area contributed by atoms with Crippen LogP contribution in [0.3, 0.4) is 0 Å². The van der Waals surface area contributed by atoms with Gasteiger partial charge >= 0.3 is 0 Å². The molecule has 0 aliphatic heterocycles. The summed E-state index contributed by atoms with van der Waals surface area (Å²) in [6.45, 7) is 6.68. The minimum Gasteiger partial charge on any atom is -0.494 e. The van der Waals surface area contributed by atoms with E-state index in [1.54, 1.807) is 0 Å². The Balaban J connectivity index is 2.23. The zero-order chi connectivity index (χ0) is 13.8. The highest BCUT2D eigenvalue weighted by molar-refractivity contribution is 7.05. The molecule has 0 amide bonds. The molecule has 19 heavy (non-hydrogen) atoms. The van der Waals surface area contributed by atoms with Crippen LogP contribution in [0.25, 0.3) is 0 Å². The molecule has 1 heterocycles. The molecule has 0 aliphatic carbocycles. The maximum Gasteiger partial charge on any atom is 0.119 e. The number of aromatic nitrogens is 2. The fourth-order valence-electron chi connectivity index (χ4n) is 1.86. The normalized spacial score (nSPS) is 12.7. The van der Waals surface area contributed by atoms with Gasteiger partial charge in [0.15, 0.2) is 0 Å². The summed E-state index contributed by atoms with van der Waals surface area (Å²) in [5.41, 5.74) is 1.70. The van der Waals surface area contributed by atoms with Crippen LogP contribution in [0.2, 0.25) is 0 Å². The average Bonchev–Trinajstić information content (AvgIpc) is 2.88. The van der Waals surface area contributed by atoms with Crippen molar-refractivity contribution in [1.82, 2.24) is 9.59 Å². The van der Waals surface area contributed by atoms with Crippen LogP contribution in [0.15, 0.2) is 24.3 Å². The SMILES string of the molecule is CCOc1ccc(C(O)c2snnc2C(C)C)cc1. The Kier molecular flexibility index (Phi) is 4.50. The van der Waals surface area contributed by atoms with Crippen LogP contribution in [-0.4, -0.2) is 21.3 Å². The van der Waals surface area contributed by atoms with E-state index in [4.69, 9.17) is 4.74 Å². The lowest BCUT2D eigenvalue weighted by Crippen LogP contribution is -2.02. The third kappa shape index (κ3) is 3.11. The summed E-state index contributed by atoms with van der Waals surface area (Å²) in [4.78, 5) is 0.819. The highest BCUT2D eigenvalue weighted by Crippen LogP contribution is 2.31. The van der Waals surface area contributed by atoms with Crippen LogP contribution in [0, 0.1) is 0 Å². The number of aliphatic hydroxyl groups excluding tert-OH is 1. The van der Waals surface area contributed by atoms with Crippen molar-refractivity contribution in [3.8, 4) is 5.75 Å². The Morgan fingerprint density at radius 1 is 1.26 bits per heavy atom. The van der Waals surface area contributed by atoms with E-state index in [-0.39, 0.29) is 5.92 Å². The third-order valence-corrected chi connectivity index (χ3v) is 3.63. The second-order valence-corrected chi connectivity index (χ2v) is 5.37. The zero-order valence-corrected chi connectivity index (χ0v) is 12.1. The highest BCUT2D eigenvalue weighted by Gasteiger charge is 2.20. The molecule has 0 aliphatic rings. The van der Waals surface area contributed by atoms with Crippen LogP contribution >= 0.6 is 11.5 Å². The predicted molar refractivity (Wildman–Crippen MR) is 75.7 cm³/mol. The lowest BCUT2D eigenvalue weighted by Gasteiger charge is -2.12. The first-order valence-corrected chi connectivity index (χ1v) is 7.13. The molecule has 1 aromatic heterocycles. The van der Waals surface area contributed by atoms with Crippen molar-refractivity contribution in [2.24, 2.45) is 0 Å². The number of rotatable bonds is 5. The first kappa shape index (κ1) is 14.0. The molecule has 1 unspecified atom stereocenters. The molecule has 102 valence electrons. The van der Waals surface area contributed by atoms with Crippen molar-refractivity contribution in [1.29, 1.82) is 0 Å². The van der Waals surface area contributed by atoms with Crippen molar-refractivity contribution < 1.29 is 9.84 Å². The summed E-state index contributed by atoms with van der Waals surface area (Å²) in [6.07, 6.45) is -0.673. The van der Waals surface area contributed by atoms with Crippen LogP contribution in [0.1, 0.15) is 48.9 Å². The lowest BCUT2D eigenvalue weighted by atomic mass is 10.0. The van der Waals surface area contributed by atoms with Crippen molar-refractivity contribution in [3.63, 3.8) is 0 Å². The number of hydrogen-bond donors (Lipinski definition) is 1. The minimum absolute atomic E-state index is 0.256. The summed E-state index contributed by atoms with van der Waals surface area (Å²) in [6, 6.07) is 7.48. The molecule has 0 radical (unpaired) electrons. The molecular formula is C14H18N2O2S. The molecule has 4 nitrogen and oxygen atoms in total. The van der Waals surface area contributed by atoms with E-state index in [2.05, 4.69) is 9.59 Å². The Labute approximate surface area is 117 Å². The summed E-state index contributed by atoms with van der Waals surface area (Å²) >= 11 is 1.25. The fourth-order valence-corrected chi connectivity index (χ4v) is 2.68. The van der Waals surface area contributed by atoms with Gasteiger partial charge in [-0.05, 0) is 42.1 Å². The lowest BCUT2D eigenvalue weighted by molar-refractivity contribution is 0.222. The molecule has 1 atom stereocenters. The predicted octanol–water partition coefficient (Wildman–Crippen LogP) is 3.14. The van der Waals surface area contributed by atoms with Gasteiger partial charge in [0.25, 0.3) is 0 Å². The summed E-state index contributed by atoms with van der Waals surface area (Å²) < 4.78 is 9.33. The molecule has 0 saturated heterocycles. The molecule has 1 N–H and O–H groups in total. The van der Waals surface area contributed by atoms with E-state index in [9.17, 15) is 5.11 Å². The average molecular weight is 278 g/mol. The summed E-state index contributed by atoms with van der Waals surface area (Å²) in [7, 11) is 0. The number of ether oxygens (including phenoxy) is 1. The highest BCUT2D eigenvalue weighted by atomic mass is 32.1. The van der Waals surface area contributed by atoms with E-state index in [1.807, 2.05) is 45.0 Å². The second kappa shape index (κ2) is 6.12. The van der Waals surface area contributed by atoms with E-state index >= 15 is 0 Å². The monoisotopic (exact) mass is 278 g/mol. The van der Waals surface area contributed by atoms with Crippen LogP contribution in [0.5, 0.6) is 5.75 Å². The summed E-state index contributed by atoms with van der Waals surface area (Å²) in [5, 5.41) is 14.5. The van der Waals surface area contributed by atoms with Crippen molar-refractivity contribution in [2.75, 3.05) is 6.61 Å². The zero-order valence-electron chi connectivity index (χ0n) is 11.3. The van der Waals surface area contributed by atoms with Gasteiger partial charge in [-0.3, -0.25) is 0 Å². The fraction of sp³-hybridized carbons (Fsp3) is 0.429. The molecule has 0 fully saturated rings. The maximum atomic E-state index is 10.4. The van der Waals surface area contributed by atoms with E-state index in [0.29, 0.717) is 6.61 Å². The van der Waals surface area contributed by atoms with E-state index in [1.165, 1.54) is 11.5 Å². The Bertz CT molecular complexity index is 522. The van der Waals surface area contributed by atoms with Gasteiger partial charge in [-0.25, -0.2) is 0 Å². The Morgan fingerprint density at radius 2 is 1.95 bits per heavy atom. The summed E-state index contributed by atoms with van der Waals surface area (Å²) in [5.74, 6) is 1.07. The number of nitrogens with zero attached hydrogens (tertiary/aromatic N) is 2. The third-order valence-electron chi connectivity index (χ3n) is 2.84. The van der Waals surface area contributed by atoms with Gasteiger partial charge in [0.1, 0.15) is 11.9 Å². The number of benzene rings is 1. The van der Waals surface area contributed by atoms with Crippen LogP contribution in [0.4, 0.5) is 0 Å². The first-order chi connectivity index (χ1) is 9.13. The van der Waals surface area contributed by atoms with Gasteiger partial charge in [0, 0.05) is 0 Å². The minimum atomic E-state index is -0.673. The molecule has 0 saturated carbocycles. The molecule has 5 heteroatoms.